The lowest BCUT2D eigenvalue weighted by Crippen LogP contribution is -2.58. The minimum Gasteiger partial charge on any atom is -0.379 e. The molecule has 15 heavy (non-hydrogen) atoms. The van der Waals surface area contributed by atoms with Gasteiger partial charge in [-0.25, -0.2) is 0 Å². The molecule has 0 bridgehead atoms. The Morgan fingerprint density at radius 2 is 1.87 bits per heavy atom. The molecule has 4 atom stereocenters. The zero-order valence-electron chi connectivity index (χ0n) is 8.87. The standard InChI is InChI=1S/C9H19N3O3/c1-11-4-5-12(9(11)15)6-2-3-7(13)10-8(6)14/h6-10,13-15H,2-5H2,1H3/t6?,7-,8+,9-/m0/s1. The highest BCUT2D eigenvalue weighted by Crippen LogP contribution is 2.22. The minimum atomic E-state index is -0.769. The summed E-state index contributed by atoms with van der Waals surface area (Å²) in [5, 5.41) is 31.6. The van der Waals surface area contributed by atoms with Gasteiger partial charge in [0.05, 0.1) is 6.04 Å². The summed E-state index contributed by atoms with van der Waals surface area (Å²) >= 11 is 0. The molecule has 88 valence electrons. The molecule has 0 radical (unpaired) electrons. The first-order chi connectivity index (χ1) is 7.09. The molecule has 2 saturated heterocycles. The molecule has 0 aromatic carbocycles. The van der Waals surface area contributed by atoms with Crippen LogP contribution in [0.15, 0.2) is 0 Å². The molecule has 2 aliphatic rings. The Labute approximate surface area is 89.1 Å². The molecule has 0 amide bonds. The van der Waals surface area contributed by atoms with E-state index in [1.165, 1.54) is 0 Å². The molecule has 6 heteroatoms. The summed E-state index contributed by atoms with van der Waals surface area (Å²) < 4.78 is 0. The summed E-state index contributed by atoms with van der Waals surface area (Å²) in [6, 6.07) is -0.117. The van der Waals surface area contributed by atoms with Gasteiger partial charge < -0.3 is 15.3 Å². The third-order valence-electron chi connectivity index (χ3n) is 3.29. The Morgan fingerprint density at radius 1 is 1.13 bits per heavy atom. The highest BCUT2D eigenvalue weighted by atomic mass is 16.3. The van der Waals surface area contributed by atoms with E-state index in [1.54, 1.807) is 0 Å². The van der Waals surface area contributed by atoms with E-state index < -0.39 is 18.8 Å². The van der Waals surface area contributed by atoms with E-state index in [1.807, 2.05) is 16.8 Å². The number of aliphatic hydroxyl groups excluding tert-OH is 3. The number of likely N-dealkylation sites (N-methyl/N-ethyl adjacent to an activating group) is 1. The van der Waals surface area contributed by atoms with Gasteiger partial charge in [-0.05, 0) is 19.9 Å². The van der Waals surface area contributed by atoms with Gasteiger partial charge in [0, 0.05) is 13.1 Å². The van der Waals surface area contributed by atoms with Crippen LogP contribution in [-0.4, -0.2) is 70.1 Å². The van der Waals surface area contributed by atoms with Crippen molar-refractivity contribution in [1.82, 2.24) is 15.1 Å². The van der Waals surface area contributed by atoms with Crippen molar-refractivity contribution in [3.63, 3.8) is 0 Å². The largest absolute Gasteiger partial charge is 0.379 e. The third kappa shape index (κ3) is 2.15. The van der Waals surface area contributed by atoms with Crippen LogP contribution in [0.4, 0.5) is 0 Å². The second-order valence-corrected chi connectivity index (χ2v) is 4.34. The fourth-order valence-corrected chi connectivity index (χ4v) is 2.32. The van der Waals surface area contributed by atoms with Crippen LogP contribution in [0.5, 0.6) is 0 Å². The lowest BCUT2D eigenvalue weighted by molar-refractivity contribution is -0.120. The van der Waals surface area contributed by atoms with Gasteiger partial charge in [-0.15, -0.1) is 0 Å². The number of aliphatic hydroxyl groups is 3. The quantitative estimate of drug-likeness (QED) is 0.403. The van der Waals surface area contributed by atoms with Crippen molar-refractivity contribution in [2.45, 2.75) is 37.7 Å². The van der Waals surface area contributed by atoms with E-state index >= 15 is 0 Å². The van der Waals surface area contributed by atoms with E-state index in [2.05, 4.69) is 5.32 Å². The lowest BCUT2D eigenvalue weighted by Gasteiger charge is -2.39. The van der Waals surface area contributed by atoms with Crippen LogP contribution in [0.1, 0.15) is 12.8 Å². The second kappa shape index (κ2) is 4.32. The number of hydrogen-bond donors (Lipinski definition) is 4. The van der Waals surface area contributed by atoms with Crippen molar-refractivity contribution in [2.24, 2.45) is 0 Å². The Balaban J connectivity index is 1.98. The molecule has 0 aliphatic carbocycles. The fraction of sp³-hybridized carbons (Fsp3) is 1.00. The SMILES string of the molecule is CN1CCN(C2CC[C@H](O)N[C@@H]2O)[C@H]1O. The van der Waals surface area contributed by atoms with E-state index in [0.29, 0.717) is 12.8 Å². The van der Waals surface area contributed by atoms with Crippen LogP contribution >= 0.6 is 0 Å². The summed E-state index contributed by atoms with van der Waals surface area (Å²) in [5.74, 6) is 0. The summed E-state index contributed by atoms with van der Waals surface area (Å²) in [7, 11) is 1.85. The van der Waals surface area contributed by atoms with Gasteiger partial charge in [-0.1, -0.05) is 0 Å². The molecule has 0 aromatic heterocycles. The molecular weight excluding hydrogens is 198 g/mol. The molecule has 2 heterocycles. The molecule has 0 aromatic rings. The van der Waals surface area contributed by atoms with Gasteiger partial charge in [0.15, 0.2) is 6.35 Å². The van der Waals surface area contributed by atoms with E-state index in [4.69, 9.17) is 0 Å². The predicted octanol–water partition coefficient (Wildman–Crippen LogP) is -2.10. The number of nitrogens with zero attached hydrogens (tertiary/aromatic N) is 2. The number of hydrogen-bond acceptors (Lipinski definition) is 6. The molecule has 2 aliphatic heterocycles. The first kappa shape index (κ1) is 11.3. The van der Waals surface area contributed by atoms with E-state index in [-0.39, 0.29) is 6.04 Å². The molecule has 0 saturated carbocycles. The van der Waals surface area contributed by atoms with Crippen LogP contribution in [0.2, 0.25) is 0 Å². The highest BCUT2D eigenvalue weighted by Gasteiger charge is 2.38. The van der Waals surface area contributed by atoms with Crippen LogP contribution in [-0.2, 0) is 0 Å². The Kier molecular flexibility index (Phi) is 3.24. The Bertz CT molecular complexity index is 229. The number of piperidine rings is 1. The van der Waals surface area contributed by atoms with Crippen molar-refractivity contribution in [3.05, 3.63) is 0 Å². The topological polar surface area (TPSA) is 79.2 Å². The smallest absolute Gasteiger partial charge is 0.165 e. The first-order valence-electron chi connectivity index (χ1n) is 5.36. The summed E-state index contributed by atoms with van der Waals surface area (Å²) in [5.41, 5.74) is 0. The summed E-state index contributed by atoms with van der Waals surface area (Å²) in [6.07, 6.45) is -0.722. The fourth-order valence-electron chi connectivity index (χ4n) is 2.32. The van der Waals surface area contributed by atoms with Gasteiger partial charge in [0.2, 0.25) is 0 Å². The maximum absolute atomic E-state index is 9.84. The monoisotopic (exact) mass is 217 g/mol. The maximum Gasteiger partial charge on any atom is 0.165 e. The molecule has 2 fully saturated rings. The van der Waals surface area contributed by atoms with Crippen LogP contribution in [0.3, 0.4) is 0 Å². The van der Waals surface area contributed by atoms with Crippen LogP contribution in [0, 0.1) is 0 Å². The van der Waals surface area contributed by atoms with Crippen molar-refractivity contribution >= 4 is 0 Å². The van der Waals surface area contributed by atoms with Gasteiger partial charge in [0.1, 0.15) is 12.5 Å². The van der Waals surface area contributed by atoms with Gasteiger partial charge in [-0.2, -0.15) is 0 Å². The molecule has 4 N–H and O–H groups in total. The van der Waals surface area contributed by atoms with Crippen molar-refractivity contribution in [2.75, 3.05) is 20.1 Å². The maximum atomic E-state index is 9.84. The average Bonchev–Trinajstić information content (AvgIpc) is 2.49. The van der Waals surface area contributed by atoms with Crippen molar-refractivity contribution in [3.8, 4) is 0 Å². The van der Waals surface area contributed by atoms with E-state index in [9.17, 15) is 15.3 Å². The number of rotatable bonds is 1. The van der Waals surface area contributed by atoms with Gasteiger partial charge in [0.25, 0.3) is 0 Å². The average molecular weight is 217 g/mol. The van der Waals surface area contributed by atoms with Gasteiger partial charge >= 0.3 is 0 Å². The lowest BCUT2D eigenvalue weighted by atomic mass is 10.0. The highest BCUT2D eigenvalue weighted by molar-refractivity contribution is 4.87. The number of nitrogens with one attached hydrogen (secondary N) is 1. The summed E-state index contributed by atoms with van der Waals surface area (Å²) in [4.78, 5) is 3.70. The zero-order valence-corrected chi connectivity index (χ0v) is 8.87. The van der Waals surface area contributed by atoms with Crippen LogP contribution in [0.25, 0.3) is 0 Å². The summed E-state index contributed by atoms with van der Waals surface area (Å²) in [6.45, 7) is 1.55. The minimum absolute atomic E-state index is 0.117. The molecule has 2 rings (SSSR count). The van der Waals surface area contributed by atoms with Crippen molar-refractivity contribution in [1.29, 1.82) is 0 Å². The molecule has 0 spiro atoms. The van der Waals surface area contributed by atoms with Crippen LogP contribution < -0.4 is 5.32 Å². The van der Waals surface area contributed by atoms with Crippen molar-refractivity contribution < 1.29 is 15.3 Å². The zero-order chi connectivity index (χ0) is 11.0. The first-order valence-corrected chi connectivity index (χ1v) is 5.36. The Morgan fingerprint density at radius 3 is 2.40 bits per heavy atom. The van der Waals surface area contributed by atoms with Gasteiger partial charge in [-0.3, -0.25) is 15.1 Å². The molecular formula is C9H19N3O3. The predicted molar refractivity (Wildman–Crippen MR) is 53.5 cm³/mol. The second-order valence-electron chi connectivity index (χ2n) is 4.34. The van der Waals surface area contributed by atoms with E-state index in [0.717, 1.165) is 13.1 Å². The Hall–Kier alpha value is -0.240. The third-order valence-corrected chi connectivity index (χ3v) is 3.29. The normalized spacial score (nSPS) is 44.8. The molecule has 1 unspecified atom stereocenters. The molecule has 6 nitrogen and oxygen atoms in total.